The van der Waals surface area contributed by atoms with Gasteiger partial charge in [0.25, 0.3) is 0 Å². The van der Waals surface area contributed by atoms with Crippen molar-refractivity contribution in [3.8, 4) is 0 Å². The van der Waals surface area contributed by atoms with Crippen LogP contribution in [0.2, 0.25) is 0 Å². The minimum atomic E-state index is -0.898. The second-order valence-corrected chi connectivity index (χ2v) is 4.87. The maximum absolute atomic E-state index is 11.0. The van der Waals surface area contributed by atoms with Crippen LogP contribution in [-0.2, 0) is 0 Å². The molecule has 0 heterocycles. The molecule has 3 aromatic carbocycles. The lowest BCUT2D eigenvalue weighted by atomic mass is 10.0. The Kier molecular flexibility index (Phi) is 3.52. The normalized spacial score (nSPS) is 11.0. The number of aromatic carboxylic acids is 1. The Morgan fingerprint density at radius 2 is 1.43 bits per heavy atom. The number of hydrogen-bond acceptors (Lipinski definition) is 1. The Hall–Kier alpha value is -2.87. The van der Waals surface area contributed by atoms with Gasteiger partial charge in [0.05, 0.1) is 5.56 Å². The van der Waals surface area contributed by atoms with E-state index in [9.17, 15) is 4.79 Å². The molecule has 2 nitrogen and oxygen atoms in total. The topological polar surface area (TPSA) is 37.3 Å². The van der Waals surface area contributed by atoms with E-state index in [-0.39, 0.29) is 0 Å². The first kappa shape index (κ1) is 13.1. The molecule has 0 unspecified atom stereocenters. The number of carboxylic acids is 1. The van der Waals surface area contributed by atoms with Crippen LogP contribution in [0.1, 0.15) is 21.5 Å². The Balaban J connectivity index is 1.93. The highest BCUT2D eigenvalue weighted by atomic mass is 16.4. The van der Waals surface area contributed by atoms with E-state index < -0.39 is 5.97 Å². The molecular formula is C19H14O2. The van der Waals surface area contributed by atoms with Crippen molar-refractivity contribution in [3.05, 3.63) is 83.4 Å². The summed E-state index contributed by atoms with van der Waals surface area (Å²) in [6, 6.07) is 21.3. The molecule has 3 rings (SSSR count). The first-order valence-corrected chi connectivity index (χ1v) is 6.73. The van der Waals surface area contributed by atoms with Gasteiger partial charge < -0.3 is 5.11 Å². The number of fused-ring (bicyclic) bond motifs is 1. The molecule has 0 aliphatic rings. The van der Waals surface area contributed by atoms with Gasteiger partial charge in [-0.25, -0.2) is 4.79 Å². The molecule has 0 aromatic heterocycles. The number of carbonyl (C=O) groups is 1. The molecule has 21 heavy (non-hydrogen) atoms. The Bertz CT molecular complexity index is 817. The van der Waals surface area contributed by atoms with E-state index in [2.05, 4.69) is 30.4 Å². The van der Waals surface area contributed by atoms with Crippen LogP contribution in [0.3, 0.4) is 0 Å². The van der Waals surface area contributed by atoms with Crippen molar-refractivity contribution < 1.29 is 9.90 Å². The van der Waals surface area contributed by atoms with Gasteiger partial charge in [0.1, 0.15) is 0 Å². The lowest BCUT2D eigenvalue weighted by Gasteiger charge is -2.02. The Morgan fingerprint density at radius 1 is 0.762 bits per heavy atom. The van der Waals surface area contributed by atoms with Crippen molar-refractivity contribution in [1.29, 1.82) is 0 Å². The van der Waals surface area contributed by atoms with E-state index in [4.69, 9.17) is 5.11 Å². The van der Waals surface area contributed by atoms with Gasteiger partial charge in [-0.2, -0.15) is 0 Å². The first-order chi connectivity index (χ1) is 10.2. The highest BCUT2D eigenvalue weighted by Crippen LogP contribution is 2.19. The Labute approximate surface area is 123 Å². The predicted octanol–water partition coefficient (Wildman–Crippen LogP) is 4.71. The molecule has 0 radical (unpaired) electrons. The monoisotopic (exact) mass is 274 g/mol. The SMILES string of the molecule is O=C(O)c1ccc2cc(/C=C/c3ccccc3)ccc2c1. The molecule has 0 atom stereocenters. The van der Waals surface area contributed by atoms with E-state index in [1.54, 1.807) is 12.1 Å². The Morgan fingerprint density at radius 3 is 2.19 bits per heavy atom. The maximum Gasteiger partial charge on any atom is 0.335 e. The summed E-state index contributed by atoms with van der Waals surface area (Å²) in [5, 5.41) is 11.0. The summed E-state index contributed by atoms with van der Waals surface area (Å²) in [6.07, 6.45) is 4.12. The van der Waals surface area contributed by atoms with Gasteiger partial charge in [0.2, 0.25) is 0 Å². The van der Waals surface area contributed by atoms with Gasteiger partial charge in [-0.1, -0.05) is 60.7 Å². The minimum Gasteiger partial charge on any atom is -0.478 e. The molecule has 0 aliphatic carbocycles. The zero-order valence-electron chi connectivity index (χ0n) is 11.4. The zero-order valence-corrected chi connectivity index (χ0v) is 11.4. The third-order valence-corrected chi connectivity index (χ3v) is 3.38. The molecule has 102 valence electrons. The molecule has 0 saturated carbocycles. The fraction of sp³-hybridized carbons (Fsp3) is 0. The van der Waals surface area contributed by atoms with Crippen LogP contribution >= 0.6 is 0 Å². The van der Waals surface area contributed by atoms with Crippen LogP contribution < -0.4 is 0 Å². The molecule has 0 amide bonds. The highest BCUT2D eigenvalue weighted by molar-refractivity contribution is 5.95. The van der Waals surface area contributed by atoms with Crippen molar-refractivity contribution in [2.75, 3.05) is 0 Å². The molecule has 3 aromatic rings. The summed E-state index contributed by atoms with van der Waals surface area (Å²) in [5.74, 6) is -0.898. The van der Waals surface area contributed by atoms with Crippen LogP contribution in [0.5, 0.6) is 0 Å². The third-order valence-electron chi connectivity index (χ3n) is 3.38. The summed E-state index contributed by atoms with van der Waals surface area (Å²) in [4.78, 5) is 11.0. The molecule has 0 fully saturated rings. The quantitative estimate of drug-likeness (QED) is 0.702. The fourth-order valence-corrected chi connectivity index (χ4v) is 2.26. The van der Waals surface area contributed by atoms with Gasteiger partial charge in [-0.15, -0.1) is 0 Å². The molecule has 2 heteroatoms. The number of carboxylic acid groups (broad SMARTS) is 1. The summed E-state index contributed by atoms with van der Waals surface area (Å²) < 4.78 is 0. The highest BCUT2D eigenvalue weighted by Gasteiger charge is 2.03. The van der Waals surface area contributed by atoms with E-state index in [1.165, 1.54) is 0 Å². The van der Waals surface area contributed by atoms with Gasteiger partial charge in [0.15, 0.2) is 0 Å². The largest absolute Gasteiger partial charge is 0.478 e. The minimum absolute atomic E-state index is 0.315. The van der Waals surface area contributed by atoms with E-state index in [0.717, 1.165) is 21.9 Å². The summed E-state index contributed by atoms with van der Waals surface area (Å²) >= 11 is 0. The average Bonchev–Trinajstić information content (AvgIpc) is 2.53. The van der Waals surface area contributed by atoms with Crippen LogP contribution in [0.25, 0.3) is 22.9 Å². The number of benzene rings is 3. The second kappa shape index (κ2) is 5.63. The lowest BCUT2D eigenvalue weighted by molar-refractivity contribution is 0.0697. The summed E-state index contributed by atoms with van der Waals surface area (Å²) in [5.41, 5.74) is 2.56. The molecule has 0 spiro atoms. The molecule has 0 saturated heterocycles. The second-order valence-electron chi connectivity index (χ2n) is 4.87. The third kappa shape index (κ3) is 3.00. The molecule has 0 aliphatic heterocycles. The van der Waals surface area contributed by atoms with Crippen molar-refractivity contribution in [1.82, 2.24) is 0 Å². The van der Waals surface area contributed by atoms with Crippen LogP contribution in [-0.4, -0.2) is 11.1 Å². The molecule has 0 bridgehead atoms. The average molecular weight is 274 g/mol. The van der Waals surface area contributed by atoms with Crippen LogP contribution in [0.15, 0.2) is 66.7 Å². The van der Waals surface area contributed by atoms with Gasteiger partial charge >= 0.3 is 5.97 Å². The van der Waals surface area contributed by atoms with Gasteiger partial charge in [-0.3, -0.25) is 0 Å². The molecule has 1 N–H and O–H groups in total. The summed E-state index contributed by atoms with van der Waals surface area (Å²) in [7, 11) is 0. The number of rotatable bonds is 3. The smallest absolute Gasteiger partial charge is 0.335 e. The van der Waals surface area contributed by atoms with E-state index >= 15 is 0 Å². The predicted molar refractivity (Wildman–Crippen MR) is 86.3 cm³/mol. The van der Waals surface area contributed by atoms with Crippen molar-refractivity contribution in [2.24, 2.45) is 0 Å². The van der Waals surface area contributed by atoms with Crippen LogP contribution in [0, 0.1) is 0 Å². The maximum atomic E-state index is 11.0. The van der Waals surface area contributed by atoms with Crippen molar-refractivity contribution >= 4 is 28.9 Å². The van der Waals surface area contributed by atoms with Gasteiger partial charge in [0, 0.05) is 0 Å². The van der Waals surface area contributed by atoms with Crippen molar-refractivity contribution in [3.63, 3.8) is 0 Å². The van der Waals surface area contributed by atoms with Gasteiger partial charge in [-0.05, 0) is 40.1 Å². The standard InChI is InChI=1S/C19H14O2/c20-19(21)18-11-10-16-12-15(8-9-17(16)13-18)7-6-14-4-2-1-3-5-14/h1-13H,(H,20,21)/b7-6+. The summed E-state index contributed by atoms with van der Waals surface area (Å²) in [6.45, 7) is 0. The van der Waals surface area contributed by atoms with Crippen LogP contribution in [0.4, 0.5) is 0 Å². The fourth-order valence-electron chi connectivity index (χ4n) is 2.26. The van der Waals surface area contributed by atoms with E-state index in [1.807, 2.05) is 36.4 Å². The zero-order chi connectivity index (χ0) is 14.7. The molecular weight excluding hydrogens is 260 g/mol. The lowest BCUT2D eigenvalue weighted by Crippen LogP contribution is -1.95. The first-order valence-electron chi connectivity index (χ1n) is 6.73. The van der Waals surface area contributed by atoms with Crippen molar-refractivity contribution in [2.45, 2.75) is 0 Å². The van der Waals surface area contributed by atoms with E-state index in [0.29, 0.717) is 5.56 Å². The number of hydrogen-bond donors (Lipinski definition) is 1.